The van der Waals surface area contributed by atoms with Gasteiger partial charge in [0.2, 0.25) is 0 Å². The van der Waals surface area contributed by atoms with E-state index in [0.29, 0.717) is 33.7 Å². The van der Waals surface area contributed by atoms with Crippen LogP contribution in [-0.2, 0) is 6.18 Å². The molecule has 0 radical (unpaired) electrons. The van der Waals surface area contributed by atoms with Gasteiger partial charge < -0.3 is 4.98 Å². The molecule has 0 saturated heterocycles. The minimum absolute atomic E-state index is 0.181. The number of nitrogens with one attached hydrogen (secondary N) is 1. The molecule has 0 bridgehead atoms. The molecule has 0 spiro atoms. The van der Waals surface area contributed by atoms with Gasteiger partial charge in [0.05, 0.1) is 16.6 Å². The molecular formula is C20H12ClF4N3. The number of rotatable bonds is 2. The van der Waals surface area contributed by atoms with Crippen LogP contribution in [0.15, 0.2) is 48.5 Å². The van der Waals surface area contributed by atoms with Gasteiger partial charge in [-0.2, -0.15) is 13.2 Å². The summed E-state index contributed by atoms with van der Waals surface area (Å²) >= 11 is 6.14. The molecule has 0 atom stereocenters. The smallest absolute Gasteiger partial charge is 0.338 e. The Balaban J connectivity index is 1.78. The molecule has 4 rings (SSSR count). The Kier molecular flexibility index (Phi) is 4.34. The lowest BCUT2D eigenvalue weighted by molar-refractivity contribution is -0.137. The molecule has 0 aliphatic rings. The Morgan fingerprint density at radius 3 is 2.29 bits per heavy atom. The molecule has 0 aliphatic carbocycles. The van der Waals surface area contributed by atoms with Crippen molar-refractivity contribution in [1.82, 2.24) is 15.0 Å². The molecule has 0 aliphatic heterocycles. The highest BCUT2D eigenvalue weighted by atomic mass is 35.5. The summed E-state index contributed by atoms with van der Waals surface area (Å²) in [4.78, 5) is 11.4. The lowest BCUT2D eigenvalue weighted by Gasteiger charge is -2.06. The fraction of sp³-hybridized carbons (Fsp3) is 0.100. The van der Waals surface area contributed by atoms with Crippen LogP contribution in [0.2, 0.25) is 5.15 Å². The Morgan fingerprint density at radius 2 is 1.64 bits per heavy atom. The number of halogens is 5. The van der Waals surface area contributed by atoms with E-state index < -0.39 is 17.6 Å². The molecule has 1 N–H and O–H groups in total. The normalized spacial score (nSPS) is 11.9. The first kappa shape index (κ1) is 18.4. The minimum Gasteiger partial charge on any atom is -0.338 e. The van der Waals surface area contributed by atoms with Crippen molar-refractivity contribution in [2.75, 3.05) is 0 Å². The fourth-order valence-corrected chi connectivity index (χ4v) is 3.22. The molecule has 0 fully saturated rings. The van der Waals surface area contributed by atoms with Crippen LogP contribution in [0.1, 0.15) is 11.3 Å². The van der Waals surface area contributed by atoms with Crippen molar-refractivity contribution < 1.29 is 17.6 Å². The van der Waals surface area contributed by atoms with E-state index in [1.54, 1.807) is 25.1 Å². The van der Waals surface area contributed by atoms with Gasteiger partial charge in [-0.1, -0.05) is 23.7 Å². The van der Waals surface area contributed by atoms with Gasteiger partial charge in [0.25, 0.3) is 0 Å². The molecule has 2 heterocycles. The average Bonchev–Trinajstić information content (AvgIpc) is 3.03. The third-order valence-corrected chi connectivity index (χ3v) is 4.62. The highest BCUT2D eigenvalue weighted by molar-refractivity contribution is 6.32. The van der Waals surface area contributed by atoms with Crippen LogP contribution in [0.4, 0.5) is 17.6 Å². The number of aryl methyl sites for hydroxylation is 1. The van der Waals surface area contributed by atoms with E-state index in [1.807, 2.05) is 0 Å². The lowest BCUT2D eigenvalue weighted by Crippen LogP contribution is -2.04. The summed E-state index contributed by atoms with van der Waals surface area (Å²) in [6.07, 6.45) is -4.41. The van der Waals surface area contributed by atoms with Crippen LogP contribution in [-0.4, -0.2) is 15.0 Å². The summed E-state index contributed by atoms with van der Waals surface area (Å²) in [5, 5.41) is 0.181. The number of hydrogen-bond donors (Lipinski definition) is 1. The second-order valence-corrected chi connectivity index (χ2v) is 6.66. The summed E-state index contributed by atoms with van der Waals surface area (Å²) in [5.74, 6) is -0.182. The molecule has 4 aromatic rings. The van der Waals surface area contributed by atoms with Crippen LogP contribution in [0.25, 0.3) is 33.5 Å². The van der Waals surface area contributed by atoms with Gasteiger partial charge in [-0.05, 0) is 37.3 Å². The zero-order valence-corrected chi connectivity index (χ0v) is 15.2. The van der Waals surface area contributed by atoms with Gasteiger partial charge in [0.15, 0.2) is 0 Å². The van der Waals surface area contributed by atoms with Crippen LogP contribution >= 0.6 is 11.6 Å². The zero-order chi connectivity index (χ0) is 20.1. The SMILES string of the molecule is Cc1ccc(-c2cc3[nH]c(-c4ccc(C(F)(F)F)cc4)nc3cc2F)c(Cl)n1. The Hall–Kier alpha value is -2.93. The summed E-state index contributed by atoms with van der Waals surface area (Å²) in [7, 11) is 0. The predicted octanol–water partition coefficient (Wildman–Crippen LogP) is 6.41. The van der Waals surface area contributed by atoms with E-state index in [1.165, 1.54) is 18.2 Å². The first-order valence-corrected chi connectivity index (χ1v) is 8.60. The van der Waals surface area contributed by atoms with Crippen LogP contribution in [0.5, 0.6) is 0 Å². The molecule has 142 valence electrons. The molecular weight excluding hydrogens is 394 g/mol. The van der Waals surface area contributed by atoms with E-state index in [9.17, 15) is 17.6 Å². The van der Waals surface area contributed by atoms with E-state index in [2.05, 4.69) is 15.0 Å². The maximum atomic E-state index is 14.6. The molecule has 8 heteroatoms. The molecule has 2 aromatic heterocycles. The molecule has 3 nitrogen and oxygen atoms in total. The zero-order valence-electron chi connectivity index (χ0n) is 14.4. The number of H-pyrrole nitrogens is 1. The van der Waals surface area contributed by atoms with E-state index in [-0.39, 0.29) is 10.7 Å². The Morgan fingerprint density at radius 1 is 0.929 bits per heavy atom. The van der Waals surface area contributed by atoms with Gasteiger partial charge in [-0.25, -0.2) is 14.4 Å². The first-order valence-electron chi connectivity index (χ1n) is 8.23. The topological polar surface area (TPSA) is 41.6 Å². The molecule has 0 amide bonds. The highest BCUT2D eigenvalue weighted by Crippen LogP contribution is 2.33. The Bertz CT molecular complexity index is 1180. The molecule has 28 heavy (non-hydrogen) atoms. The van der Waals surface area contributed by atoms with Gasteiger partial charge in [-0.3, -0.25) is 0 Å². The second-order valence-electron chi connectivity index (χ2n) is 6.30. The summed E-state index contributed by atoms with van der Waals surface area (Å²) < 4.78 is 52.8. The number of hydrogen-bond acceptors (Lipinski definition) is 2. The van der Waals surface area contributed by atoms with Crippen molar-refractivity contribution in [2.45, 2.75) is 13.1 Å². The number of aromatic amines is 1. The van der Waals surface area contributed by atoms with E-state index in [4.69, 9.17) is 11.6 Å². The maximum Gasteiger partial charge on any atom is 0.416 e. The van der Waals surface area contributed by atoms with Crippen molar-refractivity contribution in [3.05, 3.63) is 70.8 Å². The third kappa shape index (κ3) is 3.33. The van der Waals surface area contributed by atoms with Gasteiger partial charge in [0, 0.05) is 28.5 Å². The summed E-state index contributed by atoms with van der Waals surface area (Å²) in [6.45, 7) is 1.78. The van der Waals surface area contributed by atoms with Crippen molar-refractivity contribution in [3.8, 4) is 22.5 Å². The standard InChI is InChI=1S/C20H12ClF4N3/c1-10-2-7-13(18(21)26-10)14-8-16-17(9-15(14)22)28-19(27-16)11-3-5-12(6-4-11)20(23,24)25/h2-9H,1H3,(H,27,28). The highest BCUT2D eigenvalue weighted by Gasteiger charge is 2.30. The number of nitrogens with zero attached hydrogens (tertiary/aromatic N) is 2. The van der Waals surface area contributed by atoms with Crippen molar-refractivity contribution in [3.63, 3.8) is 0 Å². The average molecular weight is 406 g/mol. The molecule has 0 saturated carbocycles. The van der Waals surface area contributed by atoms with Crippen molar-refractivity contribution >= 4 is 22.6 Å². The maximum absolute atomic E-state index is 14.6. The van der Waals surface area contributed by atoms with Gasteiger partial charge in [-0.15, -0.1) is 0 Å². The second kappa shape index (κ2) is 6.60. The van der Waals surface area contributed by atoms with Crippen LogP contribution < -0.4 is 0 Å². The third-order valence-electron chi connectivity index (χ3n) is 4.33. The summed E-state index contributed by atoms with van der Waals surface area (Å²) in [6, 6.07) is 10.8. The van der Waals surface area contributed by atoms with Crippen molar-refractivity contribution in [1.29, 1.82) is 0 Å². The van der Waals surface area contributed by atoms with Crippen LogP contribution in [0, 0.1) is 12.7 Å². The fourth-order valence-electron chi connectivity index (χ4n) is 2.92. The lowest BCUT2D eigenvalue weighted by atomic mass is 10.1. The summed E-state index contributed by atoms with van der Waals surface area (Å²) in [5.41, 5.74) is 2.00. The predicted molar refractivity (Wildman–Crippen MR) is 99.5 cm³/mol. The largest absolute Gasteiger partial charge is 0.416 e. The van der Waals surface area contributed by atoms with E-state index >= 15 is 0 Å². The minimum atomic E-state index is -4.41. The Labute approximate surface area is 162 Å². The first-order chi connectivity index (χ1) is 13.2. The van der Waals surface area contributed by atoms with E-state index in [0.717, 1.165) is 12.1 Å². The van der Waals surface area contributed by atoms with Gasteiger partial charge >= 0.3 is 6.18 Å². The number of benzene rings is 2. The number of alkyl halides is 3. The molecule has 2 aromatic carbocycles. The van der Waals surface area contributed by atoms with Gasteiger partial charge in [0.1, 0.15) is 16.8 Å². The number of aromatic nitrogens is 3. The van der Waals surface area contributed by atoms with Crippen LogP contribution in [0.3, 0.4) is 0 Å². The number of fused-ring (bicyclic) bond motifs is 1. The quantitative estimate of drug-likeness (QED) is 0.309. The number of imidazole rings is 1. The van der Waals surface area contributed by atoms with Crippen molar-refractivity contribution in [2.24, 2.45) is 0 Å². The number of pyridine rings is 1. The monoisotopic (exact) mass is 405 g/mol. The molecule has 0 unspecified atom stereocenters.